The van der Waals surface area contributed by atoms with E-state index in [0.717, 1.165) is 11.5 Å². The zero-order chi connectivity index (χ0) is 12.3. The molecule has 2 rings (SSSR count). The summed E-state index contributed by atoms with van der Waals surface area (Å²) in [5, 5.41) is 13.8. The molecule has 0 spiro atoms. The molecule has 0 radical (unpaired) electrons. The van der Waals surface area contributed by atoms with Gasteiger partial charge in [0.1, 0.15) is 5.54 Å². The summed E-state index contributed by atoms with van der Waals surface area (Å²) < 4.78 is 0. The Balaban J connectivity index is 2.13. The second kappa shape index (κ2) is 5.10. The van der Waals surface area contributed by atoms with Crippen LogP contribution in [0.1, 0.15) is 22.5 Å². The summed E-state index contributed by atoms with van der Waals surface area (Å²) in [5.74, 6) is 0.339. The predicted molar refractivity (Wildman–Crippen MR) is 68.7 cm³/mol. The standard InChI is InChI=1S/C11H13NO3S2/c13-9(8-2-1-5-17-8)12-11(10(14)15)3-6-16-7-4-11/h1-2,5H,3-4,6-7H2,(H,12,13)(H,14,15). The summed E-state index contributed by atoms with van der Waals surface area (Å²) in [6, 6.07) is 3.48. The maximum Gasteiger partial charge on any atom is 0.329 e. The molecule has 1 saturated heterocycles. The molecule has 4 nitrogen and oxygen atoms in total. The third kappa shape index (κ3) is 2.63. The second-order valence-corrected chi connectivity index (χ2v) is 6.10. The summed E-state index contributed by atoms with van der Waals surface area (Å²) in [4.78, 5) is 23.8. The minimum Gasteiger partial charge on any atom is -0.480 e. The third-order valence-corrected chi connectivity index (χ3v) is 4.71. The first kappa shape index (κ1) is 12.4. The Morgan fingerprint density at radius 2 is 2.06 bits per heavy atom. The van der Waals surface area contributed by atoms with Gasteiger partial charge < -0.3 is 10.4 Å². The van der Waals surface area contributed by atoms with E-state index in [1.807, 2.05) is 0 Å². The monoisotopic (exact) mass is 271 g/mol. The predicted octanol–water partition coefficient (Wildman–Crippen LogP) is 1.83. The van der Waals surface area contributed by atoms with Gasteiger partial charge in [-0.05, 0) is 35.8 Å². The molecule has 0 aliphatic carbocycles. The Bertz CT molecular complexity index is 410. The Labute approximate surface area is 107 Å². The molecule has 1 aliphatic rings. The average Bonchev–Trinajstić information content (AvgIpc) is 2.83. The molecule has 1 fully saturated rings. The van der Waals surface area contributed by atoms with E-state index in [9.17, 15) is 14.7 Å². The van der Waals surface area contributed by atoms with Crippen molar-refractivity contribution in [2.75, 3.05) is 11.5 Å². The number of carboxylic acid groups (broad SMARTS) is 1. The fourth-order valence-corrected chi connectivity index (χ4v) is 3.61. The molecule has 0 aromatic carbocycles. The SMILES string of the molecule is O=C(NC1(C(=O)O)CCSCC1)c1cccs1. The molecule has 1 aromatic heterocycles. The van der Waals surface area contributed by atoms with E-state index in [4.69, 9.17) is 0 Å². The molecule has 1 aliphatic heterocycles. The van der Waals surface area contributed by atoms with Gasteiger partial charge in [0, 0.05) is 0 Å². The maximum absolute atomic E-state index is 11.9. The van der Waals surface area contributed by atoms with Gasteiger partial charge in [0.2, 0.25) is 0 Å². The lowest BCUT2D eigenvalue weighted by Gasteiger charge is -2.33. The van der Waals surface area contributed by atoms with E-state index in [-0.39, 0.29) is 5.91 Å². The van der Waals surface area contributed by atoms with E-state index in [1.54, 1.807) is 29.3 Å². The van der Waals surface area contributed by atoms with Crippen LogP contribution in [0.5, 0.6) is 0 Å². The van der Waals surface area contributed by atoms with E-state index >= 15 is 0 Å². The van der Waals surface area contributed by atoms with Gasteiger partial charge in [0.15, 0.2) is 0 Å². The first-order chi connectivity index (χ1) is 8.14. The lowest BCUT2D eigenvalue weighted by Crippen LogP contribution is -2.56. The van der Waals surface area contributed by atoms with Gasteiger partial charge in [-0.25, -0.2) is 4.79 Å². The first-order valence-corrected chi connectivity index (χ1v) is 7.35. The lowest BCUT2D eigenvalue weighted by molar-refractivity contribution is -0.144. The van der Waals surface area contributed by atoms with Crippen molar-refractivity contribution in [2.45, 2.75) is 18.4 Å². The summed E-state index contributed by atoms with van der Waals surface area (Å²) in [5.41, 5.74) is -1.08. The summed E-state index contributed by atoms with van der Waals surface area (Å²) in [6.07, 6.45) is 0.980. The maximum atomic E-state index is 11.9. The van der Waals surface area contributed by atoms with E-state index in [1.165, 1.54) is 11.3 Å². The van der Waals surface area contributed by atoms with E-state index in [2.05, 4.69) is 5.32 Å². The van der Waals surface area contributed by atoms with Gasteiger partial charge in [0.25, 0.3) is 5.91 Å². The Morgan fingerprint density at radius 3 is 2.59 bits per heavy atom. The molecular formula is C11H13NO3S2. The van der Waals surface area contributed by atoms with Crippen molar-refractivity contribution in [1.82, 2.24) is 5.32 Å². The molecule has 1 amide bonds. The van der Waals surface area contributed by atoms with Gasteiger partial charge in [-0.2, -0.15) is 11.8 Å². The van der Waals surface area contributed by atoms with Crippen LogP contribution in [0.15, 0.2) is 17.5 Å². The second-order valence-electron chi connectivity index (χ2n) is 3.93. The Morgan fingerprint density at radius 1 is 1.35 bits per heavy atom. The number of nitrogens with one attached hydrogen (secondary N) is 1. The minimum atomic E-state index is -1.08. The summed E-state index contributed by atoms with van der Waals surface area (Å²) in [7, 11) is 0. The van der Waals surface area contributed by atoms with Crippen LogP contribution >= 0.6 is 23.1 Å². The van der Waals surface area contributed by atoms with E-state index < -0.39 is 11.5 Å². The normalized spacial score (nSPS) is 18.6. The number of amides is 1. The number of aliphatic carboxylic acids is 1. The topological polar surface area (TPSA) is 66.4 Å². The molecule has 2 N–H and O–H groups in total. The molecule has 0 atom stereocenters. The number of carbonyl (C=O) groups is 2. The Kier molecular flexibility index (Phi) is 3.73. The van der Waals surface area contributed by atoms with Crippen LogP contribution in [0.4, 0.5) is 0 Å². The van der Waals surface area contributed by atoms with Crippen LogP contribution in [0, 0.1) is 0 Å². The number of rotatable bonds is 3. The molecular weight excluding hydrogens is 258 g/mol. The van der Waals surface area contributed by atoms with Crippen LogP contribution < -0.4 is 5.32 Å². The molecule has 92 valence electrons. The van der Waals surface area contributed by atoms with Crippen molar-refractivity contribution >= 4 is 35.0 Å². The largest absolute Gasteiger partial charge is 0.480 e. The highest BCUT2D eigenvalue weighted by atomic mass is 32.2. The molecule has 0 saturated carbocycles. The van der Waals surface area contributed by atoms with Crippen LogP contribution in [0.2, 0.25) is 0 Å². The van der Waals surface area contributed by atoms with Crippen LogP contribution in [0.3, 0.4) is 0 Å². The van der Waals surface area contributed by atoms with Crippen molar-refractivity contribution in [3.8, 4) is 0 Å². The molecule has 6 heteroatoms. The highest BCUT2D eigenvalue weighted by molar-refractivity contribution is 7.99. The van der Waals surface area contributed by atoms with Crippen LogP contribution in [0.25, 0.3) is 0 Å². The number of carbonyl (C=O) groups excluding carboxylic acids is 1. The van der Waals surface area contributed by atoms with Crippen molar-refractivity contribution in [2.24, 2.45) is 0 Å². The van der Waals surface area contributed by atoms with Gasteiger partial charge in [-0.15, -0.1) is 11.3 Å². The fourth-order valence-electron chi connectivity index (χ4n) is 1.80. The number of hydrogen-bond acceptors (Lipinski definition) is 4. The van der Waals surface area contributed by atoms with Gasteiger partial charge >= 0.3 is 5.97 Å². The quantitative estimate of drug-likeness (QED) is 0.880. The van der Waals surface area contributed by atoms with Crippen molar-refractivity contribution in [1.29, 1.82) is 0 Å². The number of thiophene rings is 1. The minimum absolute atomic E-state index is 0.283. The molecule has 0 unspecified atom stereocenters. The first-order valence-electron chi connectivity index (χ1n) is 5.31. The smallest absolute Gasteiger partial charge is 0.329 e. The zero-order valence-electron chi connectivity index (χ0n) is 9.14. The van der Waals surface area contributed by atoms with Gasteiger partial charge in [0.05, 0.1) is 4.88 Å². The van der Waals surface area contributed by atoms with E-state index in [0.29, 0.717) is 17.7 Å². The highest BCUT2D eigenvalue weighted by Gasteiger charge is 2.41. The highest BCUT2D eigenvalue weighted by Crippen LogP contribution is 2.28. The van der Waals surface area contributed by atoms with Gasteiger partial charge in [-0.3, -0.25) is 4.79 Å². The number of carboxylic acids is 1. The lowest BCUT2D eigenvalue weighted by atomic mass is 9.92. The molecule has 0 bridgehead atoms. The van der Waals surface area contributed by atoms with Crippen molar-refractivity contribution in [3.05, 3.63) is 22.4 Å². The Hall–Kier alpha value is -1.01. The molecule has 1 aromatic rings. The molecule has 2 heterocycles. The summed E-state index contributed by atoms with van der Waals surface area (Å²) in [6.45, 7) is 0. The fraction of sp³-hybridized carbons (Fsp3) is 0.455. The van der Waals surface area contributed by atoms with Crippen LogP contribution in [-0.4, -0.2) is 34.0 Å². The van der Waals surface area contributed by atoms with Gasteiger partial charge in [-0.1, -0.05) is 6.07 Å². The molecule has 17 heavy (non-hydrogen) atoms. The van der Waals surface area contributed by atoms with Crippen LogP contribution in [-0.2, 0) is 4.79 Å². The van der Waals surface area contributed by atoms with Crippen molar-refractivity contribution < 1.29 is 14.7 Å². The van der Waals surface area contributed by atoms with Crippen molar-refractivity contribution in [3.63, 3.8) is 0 Å². The summed E-state index contributed by atoms with van der Waals surface area (Å²) >= 11 is 3.05. The average molecular weight is 271 g/mol. The zero-order valence-corrected chi connectivity index (χ0v) is 10.8. The third-order valence-electron chi connectivity index (χ3n) is 2.85. The number of thioether (sulfide) groups is 1. The number of hydrogen-bond donors (Lipinski definition) is 2.